The van der Waals surface area contributed by atoms with Crippen molar-refractivity contribution in [1.29, 1.82) is 5.26 Å². The van der Waals surface area contributed by atoms with Gasteiger partial charge in [-0.25, -0.2) is 4.98 Å². The summed E-state index contributed by atoms with van der Waals surface area (Å²) in [6.45, 7) is 2.33. The summed E-state index contributed by atoms with van der Waals surface area (Å²) in [5.41, 5.74) is 2.06. The summed E-state index contributed by atoms with van der Waals surface area (Å²) >= 11 is 0. The molecule has 0 atom stereocenters. The number of hydrogen-bond donors (Lipinski definition) is 0. The molecule has 28 heavy (non-hydrogen) atoms. The van der Waals surface area contributed by atoms with Crippen LogP contribution in [0.3, 0.4) is 0 Å². The molecule has 2 aromatic carbocycles. The smallest absolute Gasteiger partial charge is 0.230 e. The molecular formula is C22H16N4O2. The topological polar surface area (TPSA) is 80.9 Å². The minimum atomic E-state index is 0.412. The Balaban J connectivity index is 1.84. The molecule has 6 nitrogen and oxygen atoms in total. The van der Waals surface area contributed by atoms with Crippen molar-refractivity contribution < 1.29 is 9.47 Å². The van der Waals surface area contributed by atoms with Gasteiger partial charge in [0.15, 0.2) is 17.3 Å². The Morgan fingerprint density at radius 1 is 1.00 bits per heavy atom. The fraction of sp³-hybridized carbons (Fsp3) is 0.0909. The maximum atomic E-state index is 9.14. The first-order chi connectivity index (χ1) is 13.8. The molecule has 0 radical (unpaired) electrons. The van der Waals surface area contributed by atoms with Crippen LogP contribution in [-0.2, 0) is 0 Å². The van der Waals surface area contributed by atoms with Crippen LogP contribution in [0.5, 0.6) is 17.4 Å². The molecule has 0 saturated carbocycles. The summed E-state index contributed by atoms with van der Waals surface area (Å²) in [6.07, 6.45) is 3.41. The molecule has 2 aromatic heterocycles. The Hall–Kier alpha value is -3.98. The summed E-state index contributed by atoms with van der Waals surface area (Å²) in [4.78, 5) is 13.4. The van der Waals surface area contributed by atoms with E-state index in [1.54, 1.807) is 30.6 Å². The SMILES string of the molecule is CCOc1cc(C#N)ccc1Oc1nc(-c2cccnc2)nc2ccccc12. The average Bonchev–Trinajstić information content (AvgIpc) is 2.75. The molecule has 0 N–H and O–H groups in total. The molecule has 0 saturated heterocycles. The van der Waals surface area contributed by atoms with Crippen molar-refractivity contribution >= 4 is 10.9 Å². The molecule has 0 amide bonds. The predicted molar refractivity (Wildman–Crippen MR) is 105 cm³/mol. The maximum absolute atomic E-state index is 9.14. The number of fused-ring (bicyclic) bond motifs is 1. The Labute approximate surface area is 162 Å². The third-order valence-electron chi connectivity index (χ3n) is 4.07. The minimum absolute atomic E-state index is 0.412. The lowest BCUT2D eigenvalue weighted by Gasteiger charge is -2.13. The molecule has 136 valence electrons. The molecule has 4 rings (SSSR count). The van der Waals surface area contributed by atoms with Gasteiger partial charge in [0.25, 0.3) is 0 Å². The molecule has 0 aliphatic carbocycles. The van der Waals surface area contributed by atoms with E-state index in [1.807, 2.05) is 43.3 Å². The van der Waals surface area contributed by atoms with E-state index in [-0.39, 0.29) is 0 Å². The monoisotopic (exact) mass is 368 g/mol. The summed E-state index contributed by atoms with van der Waals surface area (Å²) in [5.74, 6) is 1.91. The Kier molecular flexibility index (Phi) is 4.81. The zero-order valence-electron chi connectivity index (χ0n) is 15.2. The van der Waals surface area contributed by atoms with Crippen molar-refractivity contribution in [1.82, 2.24) is 15.0 Å². The average molecular weight is 368 g/mol. The number of aromatic nitrogens is 3. The second-order valence-electron chi connectivity index (χ2n) is 5.92. The number of ether oxygens (including phenoxy) is 2. The van der Waals surface area contributed by atoms with E-state index in [2.05, 4.69) is 21.0 Å². The van der Waals surface area contributed by atoms with Gasteiger partial charge in [-0.15, -0.1) is 0 Å². The number of nitrogens with zero attached hydrogens (tertiary/aromatic N) is 4. The van der Waals surface area contributed by atoms with E-state index in [1.165, 1.54) is 0 Å². The van der Waals surface area contributed by atoms with Crippen LogP contribution >= 0.6 is 0 Å². The molecule has 6 heteroatoms. The van der Waals surface area contributed by atoms with Gasteiger partial charge >= 0.3 is 0 Å². The van der Waals surface area contributed by atoms with Crippen molar-refractivity contribution in [2.24, 2.45) is 0 Å². The summed E-state index contributed by atoms with van der Waals surface area (Å²) in [5, 5.41) is 9.92. The van der Waals surface area contributed by atoms with Crippen LogP contribution in [0, 0.1) is 11.3 Å². The van der Waals surface area contributed by atoms with Gasteiger partial charge in [-0.05, 0) is 43.3 Å². The van der Waals surface area contributed by atoms with Crippen LogP contribution in [0.4, 0.5) is 0 Å². The van der Waals surface area contributed by atoms with Crippen LogP contribution in [0.25, 0.3) is 22.3 Å². The third kappa shape index (κ3) is 3.46. The van der Waals surface area contributed by atoms with E-state index in [9.17, 15) is 0 Å². The van der Waals surface area contributed by atoms with Crippen LogP contribution < -0.4 is 9.47 Å². The van der Waals surface area contributed by atoms with Gasteiger partial charge in [0.05, 0.1) is 29.1 Å². The second-order valence-corrected chi connectivity index (χ2v) is 5.92. The minimum Gasteiger partial charge on any atom is -0.490 e. The van der Waals surface area contributed by atoms with Crippen molar-refractivity contribution in [2.45, 2.75) is 6.92 Å². The quantitative estimate of drug-likeness (QED) is 0.505. The zero-order valence-corrected chi connectivity index (χ0v) is 15.2. The number of hydrogen-bond acceptors (Lipinski definition) is 6. The Morgan fingerprint density at radius 3 is 2.68 bits per heavy atom. The van der Waals surface area contributed by atoms with Crippen LogP contribution in [-0.4, -0.2) is 21.6 Å². The van der Waals surface area contributed by atoms with E-state index < -0.39 is 0 Å². The molecule has 0 aliphatic rings. The molecule has 0 bridgehead atoms. The normalized spacial score (nSPS) is 10.4. The van der Waals surface area contributed by atoms with Gasteiger partial charge in [-0.3, -0.25) is 4.98 Å². The fourth-order valence-electron chi connectivity index (χ4n) is 2.78. The molecule has 0 unspecified atom stereocenters. The summed E-state index contributed by atoms with van der Waals surface area (Å²) in [7, 11) is 0. The van der Waals surface area contributed by atoms with Gasteiger partial charge in [-0.2, -0.15) is 10.2 Å². The third-order valence-corrected chi connectivity index (χ3v) is 4.07. The largest absolute Gasteiger partial charge is 0.490 e. The molecule has 0 aliphatic heterocycles. The maximum Gasteiger partial charge on any atom is 0.230 e. The number of pyridine rings is 1. The Bertz CT molecular complexity index is 1170. The Morgan fingerprint density at radius 2 is 1.89 bits per heavy atom. The number of rotatable bonds is 5. The fourth-order valence-corrected chi connectivity index (χ4v) is 2.78. The van der Waals surface area contributed by atoms with Crippen molar-refractivity contribution in [2.75, 3.05) is 6.61 Å². The van der Waals surface area contributed by atoms with Gasteiger partial charge in [-0.1, -0.05) is 12.1 Å². The second kappa shape index (κ2) is 7.72. The lowest BCUT2D eigenvalue weighted by molar-refractivity contribution is 0.320. The molecule has 0 fully saturated rings. The van der Waals surface area contributed by atoms with Crippen molar-refractivity contribution in [3.63, 3.8) is 0 Å². The van der Waals surface area contributed by atoms with E-state index in [4.69, 9.17) is 14.7 Å². The molecular weight excluding hydrogens is 352 g/mol. The first-order valence-corrected chi connectivity index (χ1v) is 8.80. The van der Waals surface area contributed by atoms with Gasteiger partial charge in [0, 0.05) is 24.0 Å². The first kappa shape index (κ1) is 17.4. The van der Waals surface area contributed by atoms with Gasteiger partial charge in [0.2, 0.25) is 5.88 Å². The molecule has 2 heterocycles. The molecule has 0 spiro atoms. The number of para-hydroxylation sites is 1. The number of benzene rings is 2. The van der Waals surface area contributed by atoms with E-state index >= 15 is 0 Å². The number of nitriles is 1. The highest BCUT2D eigenvalue weighted by atomic mass is 16.5. The lowest BCUT2D eigenvalue weighted by Crippen LogP contribution is -1.99. The standard InChI is InChI=1S/C22H16N4O2/c1-2-27-20-12-15(13-23)9-10-19(20)28-22-17-7-3-4-8-18(17)25-21(26-22)16-6-5-11-24-14-16/h3-12,14H,2H2,1H3. The molecule has 4 aromatic rings. The van der Waals surface area contributed by atoms with Crippen LogP contribution in [0.1, 0.15) is 12.5 Å². The van der Waals surface area contributed by atoms with Gasteiger partial charge < -0.3 is 9.47 Å². The highest BCUT2D eigenvalue weighted by Crippen LogP contribution is 2.35. The van der Waals surface area contributed by atoms with Crippen molar-refractivity contribution in [3.05, 3.63) is 72.6 Å². The summed E-state index contributed by atoms with van der Waals surface area (Å²) < 4.78 is 11.8. The van der Waals surface area contributed by atoms with Crippen LogP contribution in [0.15, 0.2) is 67.0 Å². The predicted octanol–water partition coefficient (Wildman–Crippen LogP) is 4.75. The summed E-state index contributed by atoms with van der Waals surface area (Å²) in [6, 6.07) is 18.5. The highest BCUT2D eigenvalue weighted by molar-refractivity contribution is 5.85. The van der Waals surface area contributed by atoms with E-state index in [0.717, 1.165) is 16.5 Å². The zero-order chi connectivity index (χ0) is 19.3. The van der Waals surface area contributed by atoms with E-state index in [0.29, 0.717) is 35.4 Å². The lowest BCUT2D eigenvalue weighted by atomic mass is 10.2. The van der Waals surface area contributed by atoms with Gasteiger partial charge in [0.1, 0.15) is 0 Å². The van der Waals surface area contributed by atoms with Crippen molar-refractivity contribution in [3.8, 4) is 34.8 Å². The first-order valence-electron chi connectivity index (χ1n) is 8.80. The highest BCUT2D eigenvalue weighted by Gasteiger charge is 2.14. The van der Waals surface area contributed by atoms with Crippen LogP contribution in [0.2, 0.25) is 0 Å².